The zero-order valence-electron chi connectivity index (χ0n) is 19.4. The fourth-order valence-electron chi connectivity index (χ4n) is 3.93. The van der Waals surface area contributed by atoms with Crippen molar-refractivity contribution in [3.05, 3.63) is 65.7 Å². The van der Waals surface area contributed by atoms with E-state index < -0.39 is 0 Å². The second-order valence-electron chi connectivity index (χ2n) is 7.97. The molecule has 2 aromatic carbocycles. The molecule has 0 atom stereocenters. The lowest BCUT2D eigenvalue weighted by atomic mass is 10.2. The van der Waals surface area contributed by atoms with Crippen LogP contribution in [0.3, 0.4) is 0 Å². The molecule has 0 amide bonds. The third-order valence-corrected chi connectivity index (χ3v) is 5.77. The van der Waals surface area contributed by atoms with Crippen LogP contribution in [0.5, 0.6) is 5.75 Å². The van der Waals surface area contributed by atoms with Crippen molar-refractivity contribution < 1.29 is 4.74 Å². The second-order valence-corrected chi connectivity index (χ2v) is 7.97. The molecule has 176 valence electrons. The third kappa shape index (κ3) is 8.96. The summed E-state index contributed by atoms with van der Waals surface area (Å²) in [7, 11) is 3.52. The zero-order chi connectivity index (χ0) is 21.7. The number of unbranched alkanes of at least 4 members (excludes halogenated alkanes) is 1. The average Bonchev–Trinajstić information content (AvgIpc) is 2.82. The molecule has 3 rings (SSSR count). The lowest BCUT2D eigenvalue weighted by Crippen LogP contribution is -2.46. The van der Waals surface area contributed by atoms with E-state index in [1.54, 1.807) is 7.11 Å². The fourth-order valence-corrected chi connectivity index (χ4v) is 3.93. The van der Waals surface area contributed by atoms with Crippen LogP contribution in [0.1, 0.15) is 24.0 Å². The van der Waals surface area contributed by atoms with Crippen LogP contribution in [-0.2, 0) is 13.1 Å². The summed E-state index contributed by atoms with van der Waals surface area (Å²) < 4.78 is 5.41. The Morgan fingerprint density at radius 3 is 2.31 bits per heavy atom. The Bertz CT molecular complexity index is 794. The Labute approximate surface area is 210 Å². The Morgan fingerprint density at radius 1 is 0.906 bits per heavy atom. The summed E-state index contributed by atoms with van der Waals surface area (Å²) in [6.45, 7) is 8.52. The Balaban J connectivity index is 0.00000363. The molecule has 2 N–H and O–H groups in total. The number of hydrogen-bond donors (Lipinski definition) is 2. The van der Waals surface area contributed by atoms with Gasteiger partial charge in [0.1, 0.15) is 5.75 Å². The van der Waals surface area contributed by atoms with Crippen LogP contribution in [0.4, 0.5) is 0 Å². The van der Waals surface area contributed by atoms with Crippen molar-refractivity contribution in [1.29, 1.82) is 0 Å². The number of aliphatic imine (C=N–C) groups is 1. The van der Waals surface area contributed by atoms with Gasteiger partial charge in [-0.15, -0.1) is 24.0 Å². The van der Waals surface area contributed by atoms with Crippen molar-refractivity contribution in [2.75, 3.05) is 53.4 Å². The van der Waals surface area contributed by atoms with E-state index in [0.29, 0.717) is 6.54 Å². The molecule has 0 unspecified atom stereocenters. The number of methoxy groups -OCH3 is 1. The highest BCUT2D eigenvalue weighted by Gasteiger charge is 2.16. The van der Waals surface area contributed by atoms with Crippen LogP contribution in [0.2, 0.25) is 0 Å². The van der Waals surface area contributed by atoms with Crippen molar-refractivity contribution in [2.45, 2.75) is 25.9 Å². The van der Waals surface area contributed by atoms with Crippen LogP contribution in [0.25, 0.3) is 0 Å². The summed E-state index contributed by atoms with van der Waals surface area (Å²) in [5, 5.41) is 6.79. The minimum Gasteiger partial charge on any atom is -0.496 e. The smallest absolute Gasteiger partial charge is 0.191 e. The first kappa shape index (κ1) is 26.4. The third-order valence-electron chi connectivity index (χ3n) is 5.77. The number of benzene rings is 2. The van der Waals surface area contributed by atoms with E-state index in [1.165, 1.54) is 31.6 Å². The van der Waals surface area contributed by atoms with E-state index in [0.717, 1.165) is 49.9 Å². The molecule has 1 aliphatic heterocycles. The number of para-hydroxylation sites is 1. The predicted octanol–water partition coefficient (Wildman–Crippen LogP) is 3.58. The first-order chi connectivity index (χ1) is 15.3. The van der Waals surface area contributed by atoms with Gasteiger partial charge >= 0.3 is 0 Å². The zero-order valence-corrected chi connectivity index (χ0v) is 21.8. The monoisotopic (exact) mass is 551 g/mol. The molecule has 1 fully saturated rings. The molecular weight excluding hydrogens is 513 g/mol. The van der Waals surface area contributed by atoms with Crippen LogP contribution >= 0.6 is 24.0 Å². The normalized spacial score (nSPS) is 15.1. The molecule has 0 bridgehead atoms. The van der Waals surface area contributed by atoms with Gasteiger partial charge in [0.25, 0.3) is 0 Å². The van der Waals surface area contributed by atoms with Crippen LogP contribution < -0.4 is 15.4 Å². The van der Waals surface area contributed by atoms with Crippen molar-refractivity contribution in [3.63, 3.8) is 0 Å². The highest BCUT2D eigenvalue weighted by molar-refractivity contribution is 14.0. The van der Waals surface area contributed by atoms with Gasteiger partial charge in [0, 0.05) is 58.4 Å². The standard InChI is InChI=1S/C25H37N5O.HI/c1-26-25(28-20-23-12-6-7-13-24(23)31-2)27-14-8-9-15-29-16-18-30(19-17-29)21-22-10-4-3-5-11-22;/h3-7,10-13H,8-9,14-21H2,1-2H3,(H2,26,27,28);1H. The number of nitrogens with one attached hydrogen (secondary N) is 2. The highest BCUT2D eigenvalue weighted by atomic mass is 127. The van der Waals surface area contributed by atoms with Gasteiger partial charge in [-0.3, -0.25) is 9.89 Å². The summed E-state index contributed by atoms with van der Waals surface area (Å²) in [6.07, 6.45) is 2.34. The summed E-state index contributed by atoms with van der Waals surface area (Å²) in [5.41, 5.74) is 2.54. The number of halogens is 1. The lowest BCUT2D eigenvalue weighted by Gasteiger charge is -2.34. The van der Waals surface area contributed by atoms with Gasteiger partial charge in [-0.25, -0.2) is 0 Å². The number of rotatable bonds is 10. The highest BCUT2D eigenvalue weighted by Crippen LogP contribution is 2.16. The number of piperazine rings is 1. The maximum Gasteiger partial charge on any atom is 0.191 e. The Kier molecular flexibility index (Phi) is 12.4. The maximum atomic E-state index is 5.41. The van der Waals surface area contributed by atoms with Gasteiger partial charge in [-0.1, -0.05) is 48.5 Å². The van der Waals surface area contributed by atoms with Crippen molar-refractivity contribution in [3.8, 4) is 5.75 Å². The lowest BCUT2D eigenvalue weighted by molar-refractivity contribution is 0.126. The SMILES string of the molecule is CN=C(NCCCCN1CCN(Cc2ccccc2)CC1)NCc1ccccc1OC.I. The molecule has 2 aromatic rings. The van der Waals surface area contributed by atoms with Gasteiger partial charge in [-0.2, -0.15) is 0 Å². The molecule has 0 spiro atoms. The van der Waals surface area contributed by atoms with Gasteiger partial charge in [-0.05, 0) is 31.0 Å². The molecule has 0 aliphatic carbocycles. The topological polar surface area (TPSA) is 52.1 Å². The Hall–Kier alpha value is -1.84. The fraction of sp³-hybridized carbons (Fsp3) is 0.480. The van der Waals surface area contributed by atoms with E-state index in [-0.39, 0.29) is 24.0 Å². The average molecular weight is 552 g/mol. The minimum absolute atomic E-state index is 0. The number of hydrogen-bond acceptors (Lipinski definition) is 4. The first-order valence-electron chi connectivity index (χ1n) is 11.3. The van der Waals surface area contributed by atoms with Crippen molar-refractivity contribution in [1.82, 2.24) is 20.4 Å². The maximum absolute atomic E-state index is 5.41. The van der Waals surface area contributed by atoms with Gasteiger partial charge in [0.2, 0.25) is 0 Å². The van der Waals surface area contributed by atoms with E-state index in [1.807, 2.05) is 25.2 Å². The molecule has 0 radical (unpaired) electrons. The second kappa shape index (κ2) is 15.1. The summed E-state index contributed by atoms with van der Waals surface area (Å²) in [6, 6.07) is 18.8. The first-order valence-corrected chi connectivity index (χ1v) is 11.3. The van der Waals surface area contributed by atoms with E-state index in [9.17, 15) is 0 Å². The van der Waals surface area contributed by atoms with Crippen molar-refractivity contribution in [2.24, 2.45) is 4.99 Å². The number of ether oxygens (including phenoxy) is 1. The largest absolute Gasteiger partial charge is 0.496 e. The number of guanidine groups is 1. The van der Waals surface area contributed by atoms with Crippen LogP contribution in [0.15, 0.2) is 59.6 Å². The molecule has 32 heavy (non-hydrogen) atoms. The van der Waals surface area contributed by atoms with Crippen LogP contribution in [0, 0.1) is 0 Å². The van der Waals surface area contributed by atoms with Crippen molar-refractivity contribution >= 4 is 29.9 Å². The molecule has 1 saturated heterocycles. The van der Waals surface area contributed by atoms with Crippen LogP contribution in [-0.4, -0.2) is 69.2 Å². The molecule has 1 aliphatic rings. The number of nitrogens with zero attached hydrogens (tertiary/aromatic N) is 3. The molecule has 0 saturated carbocycles. The van der Waals surface area contributed by atoms with E-state index in [2.05, 4.69) is 61.8 Å². The summed E-state index contributed by atoms with van der Waals surface area (Å²) in [4.78, 5) is 9.48. The van der Waals surface area contributed by atoms with Gasteiger partial charge in [0.05, 0.1) is 7.11 Å². The minimum atomic E-state index is 0. The quantitative estimate of drug-likeness (QED) is 0.205. The molecule has 6 nitrogen and oxygen atoms in total. The molecule has 7 heteroatoms. The summed E-state index contributed by atoms with van der Waals surface area (Å²) >= 11 is 0. The molecular formula is C25H38IN5O. The summed E-state index contributed by atoms with van der Waals surface area (Å²) in [5.74, 6) is 1.73. The predicted molar refractivity (Wildman–Crippen MR) is 144 cm³/mol. The Morgan fingerprint density at radius 2 is 1.59 bits per heavy atom. The van der Waals surface area contributed by atoms with E-state index in [4.69, 9.17) is 4.74 Å². The van der Waals surface area contributed by atoms with Gasteiger partial charge in [0.15, 0.2) is 5.96 Å². The van der Waals surface area contributed by atoms with E-state index >= 15 is 0 Å². The van der Waals surface area contributed by atoms with Gasteiger partial charge < -0.3 is 20.3 Å². The molecule has 0 aromatic heterocycles. The molecule has 1 heterocycles.